The number of rotatable bonds is 2. The van der Waals surface area contributed by atoms with Gasteiger partial charge in [0.15, 0.2) is 0 Å². The van der Waals surface area contributed by atoms with Crippen LogP contribution in [0.4, 0.5) is 0 Å². The fraction of sp³-hybridized carbons (Fsp3) is 0.188. The van der Waals surface area contributed by atoms with Crippen molar-refractivity contribution in [3.63, 3.8) is 0 Å². The number of benzene rings is 2. The van der Waals surface area contributed by atoms with Gasteiger partial charge in [0.1, 0.15) is 0 Å². The van der Waals surface area contributed by atoms with Crippen LogP contribution >= 0.6 is 15.9 Å². The molecule has 0 saturated heterocycles. The maximum absolute atomic E-state index is 11.6. The quantitative estimate of drug-likeness (QED) is 0.680. The minimum absolute atomic E-state index is 0.232. The first-order valence-electron chi connectivity index (χ1n) is 6.48. The molecule has 1 amide bonds. The highest BCUT2D eigenvalue weighted by Gasteiger charge is 2.16. The molecule has 2 aromatic carbocycles. The predicted octanol–water partition coefficient (Wildman–Crippen LogP) is 4.18. The molecule has 4 heteroatoms. The van der Waals surface area contributed by atoms with Crippen molar-refractivity contribution in [2.45, 2.75) is 18.7 Å². The summed E-state index contributed by atoms with van der Waals surface area (Å²) in [6, 6.07) is 9.87. The second kappa shape index (κ2) is 4.63. The highest BCUT2D eigenvalue weighted by Crippen LogP contribution is 2.36. The fourth-order valence-electron chi connectivity index (χ4n) is 2.76. The van der Waals surface area contributed by atoms with E-state index in [9.17, 15) is 4.79 Å². The second-order valence-electron chi connectivity index (χ2n) is 5.06. The number of aryl methyl sites for hydroxylation is 1. The number of aromatic nitrogens is 1. The van der Waals surface area contributed by atoms with Crippen LogP contribution in [0.15, 0.2) is 30.3 Å². The van der Waals surface area contributed by atoms with Gasteiger partial charge in [-0.2, -0.15) is 0 Å². The van der Waals surface area contributed by atoms with Crippen molar-refractivity contribution in [2.24, 2.45) is 5.73 Å². The maximum Gasteiger partial charge on any atom is 0.250 e. The number of hydrogen-bond donors (Lipinski definition) is 2. The number of alkyl halides is 1. The first-order chi connectivity index (χ1) is 9.50. The van der Waals surface area contributed by atoms with E-state index < -0.39 is 5.91 Å². The number of amides is 1. The number of para-hydroxylation sites is 1. The number of carbonyl (C=O) groups excluding carboxylic acids is 1. The van der Waals surface area contributed by atoms with Gasteiger partial charge in [0, 0.05) is 15.6 Å². The predicted molar refractivity (Wildman–Crippen MR) is 86.4 cm³/mol. The number of carbonyl (C=O) groups is 1. The van der Waals surface area contributed by atoms with Gasteiger partial charge in [0.25, 0.3) is 5.91 Å². The lowest BCUT2D eigenvalue weighted by Crippen LogP contribution is -2.11. The second-order valence-corrected chi connectivity index (χ2v) is 6.43. The number of nitrogens with two attached hydrogens (primary N) is 1. The van der Waals surface area contributed by atoms with Gasteiger partial charge in [-0.3, -0.25) is 4.79 Å². The summed E-state index contributed by atoms with van der Waals surface area (Å²) in [6.07, 6.45) is 0. The number of H-pyrrole nitrogens is 1. The third-order valence-corrected chi connectivity index (χ3v) is 4.22. The molecule has 0 saturated carbocycles. The van der Waals surface area contributed by atoms with Crippen molar-refractivity contribution in [1.29, 1.82) is 0 Å². The van der Waals surface area contributed by atoms with Crippen LogP contribution in [0.25, 0.3) is 21.8 Å². The zero-order chi connectivity index (χ0) is 14.4. The molecule has 3 N–H and O–H groups in total. The highest BCUT2D eigenvalue weighted by molar-refractivity contribution is 9.09. The SMILES string of the molecule is Cc1ccc(C(C)Br)c2[nH]c3c(C(N)=O)cccc3c12. The van der Waals surface area contributed by atoms with Crippen molar-refractivity contribution in [2.75, 3.05) is 0 Å². The Hall–Kier alpha value is -1.81. The van der Waals surface area contributed by atoms with Crippen LogP contribution in [-0.2, 0) is 0 Å². The van der Waals surface area contributed by atoms with Crippen molar-refractivity contribution in [3.05, 3.63) is 47.0 Å². The molecule has 0 spiro atoms. The number of halogens is 1. The lowest BCUT2D eigenvalue weighted by Gasteiger charge is -2.07. The third kappa shape index (κ3) is 1.83. The number of hydrogen-bond acceptors (Lipinski definition) is 1. The average Bonchev–Trinajstić information content (AvgIpc) is 2.77. The molecule has 0 bridgehead atoms. The van der Waals surface area contributed by atoms with Crippen molar-refractivity contribution >= 4 is 43.6 Å². The van der Waals surface area contributed by atoms with Crippen molar-refractivity contribution in [3.8, 4) is 0 Å². The van der Waals surface area contributed by atoms with Crippen LogP contribution in [-0.4, -0.2) is 10.9 Å². The molecule has 1 aromatic heterocycles. The molecule has 0 radical (unpaired) electrons. The standard InChI is InChI=1S/C16H15BrN2O/c1-8-6-7-10(9(2)17)15-13(8)11-4-3-5-12(16(18)20)14(11)19-15/h3-7,9,19H,1-2H3,(H2,18,20). The summed E-state index contributed by atoms with van der Waals surface area (Å²) in [5, 5.41) is 2.20. The number of nitrogens with one attached hydrogen (secondary N) is 1. The van der Waals surface area contributed by atoms with Gasteiger partial charge >= 0.3 is 0 Å². The molecule has 1 atom stereocenters. The van der Waals surface area contributed by atoms with Gasteiger partial charge in [0.05, 0.1) is 16.6 Å². The molecule has 0 aliphatic rings. The summed E-state index contributed by atoms with van der Waals surface area (Å²) in [7, 11) is 0. The van der Waals surface area contributed by atoms with Crippen LogP contribution in [0.5, 0.6) is 0 Å². The summed E-state index contributed by atoms with van der Waals surface area (Å²) in [6.45, 7) is 4.17. The van der Waals surface area contributed by atoms with E-state index in [1.807, 2.05) is 12.1 Å². The summed E-state index contributed by atoms with van der Waals surface area (Å²) in [5.74, 6) is -0.409. The zero-order valence-electron chi connectivity index (χ0n) is 11.3. The highest BCUT2D eigenvalue weighted by atomic mass is 79.9. The van der Waals surface area contributed by atoms with E-state index in [4.69, 9.17) is 5.73 Å². The smallest absolute Gasteiger partial charge is 0.250 e. The van der Waals surface area contributed by atoms with E-state index in [2.05, 4.69) is 46.9 Å². The van der Waals surface area contributed by atoms with Crippen LogP contribution in [0.2, 0.25) is 0 Å². The van der Waals surface area contributed by atoms with Crippen molar-refractivity contribution < 1.29 is 4.79 Å². The number of aromatic amines is 1. The van der Waals surface area contributed by atoms with Crippen molar-refractivity contribution in [1.82, 2.24) is 4.98 Å². The Labute approximate surface area is 125 Å². The lowest BCUT2D eigenvalue weighted by atomic mass is 10.0. The Balaban J connectivity index is 2.53. The summed E-state index contributed by atoms with van der Waals surface area (Å²) >= 11 is 3.62. The molecular formula is C16H15BrN2O. The van der Waals surface area contributed by atoms with Crippen LogP contribution in [0.1, 0.15) is 33.2 Å². The minimum Gasteiger partial charge on any atom is -0.366 e. The van der Waals surface area contributed by atoms with E-state index in [0.29, 0.717) is 5.56 Å². The molecule has 102 valence electrons. The lowest BCUT2D eigenvalue weighted by molar-refractivity contribution is 0.100. The molecule has 3 rings (SSSR count). The van der Waals surface area contributed by atoms with Gasteiger partial charge in [-0.15, -0.1) is 0 Å². The molecule has 0 aliphatic carbocycles. The van der Waals surface area contributed by atoms with Gasteiger partial charge in [-0.05, 0) is 31.0 Å². The Bertz CT molecular complexity index is 833. The first kappa shape index (κ1) is 13.2. The van der Waals surface area contributed by atoms with Gasteiger partial charge in [0.2, 0.25) is 0 Å². The normalized spacial score (nSPS) is 12.9. The Morgan fingerprint density at radius 1 is 1.25 bits per heavy atom. The summed E-state index contributed by atoms with van der Waals surface area (Å²) in [4.78, 5) is 15.2. The Morgan fingerprint density at radius 3 is 2.65 bits per heavy atom. The van der Waals surface area contributed by atoms with Crippen LogP contribution < -0.4 is 5.73 Å². The third-order valence-electron chi connectivity index (χ3n) is 3.72. The molecule has 1 heterocycles. The first-order valence-corrected chi connectivity index (χ1v) is 7.40. The van der Waals surface area contributed by atoms with Gasteiger partial charge in [-0.1, -0.05) is 40.2 Å². The molecule has 1 unspecified atom stereocenters. The van der Waals surface area contributed by atoms with Gasteiger partial charge < -0.3 is 10.7 Å². The molecule has 20 heavy (non-hydrogen) atoms. The largest absolute Gasteiger partial charge is 0.366 e. The maximum atomic E-state index is 11.6. The van der Waals surface area contributed by atoms with E-state index >= 15 is 0 Å². The fourth-order valence-corrected chi connectivity index (χ4v) is 3.14. The van der Waals surface area contributed by atoms with E-state index in [-0.39, 0.29) is 4.83 Å². The number of fused-ring (bicyclic) bond motifs is 3. The monoisotopic (exact) mass is 330 g/mol. The van der Waals surface area contributed by atoms with E-state index in [1.165, 1.54) is 11.1 Å². The van der Waals surface area contributed by atoms with E-state index in [0.717, 1.165) is 21.8 Å². The topological polar surface area (TPSA) is 58.9 Å². The molecular weight excluding hydrogens is 316 g/mol. The van der Waals surface area contributed by atoms with Crippen LogP contribution in [0.3, 0.4) is 0 Å². The Morgan fingerprint density at radius 2 is 2.00 bits per heavy atom. The Kier molecular flexibility index (Phi) is 3.05. The summed E-state index contributed by atoms with van der Waals surface area (Å²) in [5.41, 5.74) is 10.3. The molecule has 0 aliphatic heterocycles. The molecule has 3 aromatic rings. The van der Waals surface area contributed by atoms with E-state index in [1.54, 1.807) is 6.07 Å². The minimum atomic E-state index is -0.409. The summed E-state index contributed by atoms with van der Waals surface area (Å²) < 4.78 is 0. The average molecular weight is 331 g/mol. The zero-order valence-corrected chi connectivity index (χ0v) is 12.9. The van der Waals surface area contributed by atoms with Gasteiger partial charge in [-0.25, -0.2) is 0 Å². The number of primary amides is 1. The van der Waals surface area contributed by atoms with Crippen LogP contribution in [0, 0.1) is 6.92 Å². The molecule has 0 fully saturated rings. The molecule has 3 nitrogen and oxygen atoms in total.